The summed E-state index contributed by atoms with van der Waals surface area (Å²) in [5, 5.41) is 19.6. The Morgan fingerprint density at radius 1 is 1.19 bits per heavy atom. The summed E-state index contributed by atoms with van der Waals surface area (Å²) in [6, 6.07) is 3.95. The average molecular weight is 421 g/mol. The molecule has 1 rings (SSSR count). The number of aliphatic carboxylic acids is 2. The Kier molecular flexibility index (Phi) is 11.3. The number of carbonyl (C=O) groups is 4. The second-order valence-corrected chi connectivity index (χ2v) is 6.75. The minimum absolute atomic E-state index is 0.137. The lowest BCUT2D eigenvalue weighted by atomic mass is 10.0. The Balaban J connectivity index is 0.000000503. The van der Waals surface area contributed by atoms with E-state index in [0.717, 1.165) is 0 Å². The van der Waals surface area contributed by atoms with Gasteiger partial charge in [0.25, 0.3) is 0 Å². The van der Waals surface area contributed by atoms with Crippen LogP contribution in [0.3, 0.4) is 0 Å². The molecule has 150 valence electrons. The fraction of sp³-hybridized carbons (Fsp3) is 0.412. The molecule has 0 spiro atoms. The summed E-state index contributed by atoms with van der Waals surface area (Å²) in [7, 11) is 0. The molecule has 0 radical (unpaired) electrons. The number of halogens is 2. The molecule has 0 fully saturated rings. The number of hydrogen-bond donors (Lipinski definition) is 4. The number of amides is 1. The van der Waals surface area contributed by atoms with Crippen molar-refractivity contribution < 1.29 is 29.4 Å². The van der Waals surface area contributed by atoms with Crippen LogP contribution in [0.1, 0.15) is 31.7 Å². The molecule has 0 aliphatic heterocycles. The van der Waals surface area contributed by atoms with Crippen LogP contribution in [0.2, 0.25) is 10.0 Å². The summed E-state index contributed by atoms with van der Waals surface area (Å²) in [5.74, 6) is -3.72. The first-order valence-electron chi connectivity index (χ1n) is 7.88. The van der Waals surface area contributed by atoms with Crippen molar-refractivity contribution in [3.8, 4) is 0 Å². The van der Waals surface area contributed by atoms with E-state index in [1.807, 2.05) is 13.8 Å². The largest absolute Gasteiger partial charge is 0.480 e. The minimum Gasteiger partial charge on any atom is -0.480 e. The highest BCUT2D eigenvalue weighted by molar-refractivity contribution is 6.36. The van der Waals surface area contributed by atoms with Gasteiger partial charge < -0.3 is 26.1 Å². The lowest BCUT2D eigenvalue weighted by molar-refractivity contribution is -0.140. The molecule has 0 bridgehead atoms. The van der Waals surface area contributed by atoms with Crippen LogP contribution in [0, 0.1) is 5.92 Å². The molecule has 0 saturated carbocycles. The minimum atomic E-state index is -1.31. The van der Waals surface area contributed by atoms with E-state index in [1.54, 1.807) is 6.07 Å². The Morgan fingerprint density at radius 2 is 1.70 bits per heavy atom. The zero-order valence-electron chi connectivity index (χ0n) is 14.8. The maximum absolute atomic E-state index is 11.1. The van der Waals surface area contributed by atoms with Gasteiger partial charge >= 0.3 is 11.9 Å². The highest BCUT2D eigenvalue weighted by Crippen LogP contribution is 2.30. The molecule has 27 heavy (non-hydrogen) atoms. The van der Waals surface area contributed by atoms with Gasteiger partial charge in [-0.25, -0.2) is 0 Å². The zero-order valence-corrected chi connectivity index (χ0v) is 16.3. The van der Waals surface area contributed by atoms with Crippen molar-refractivity contribution in [2.75, 3.05) is 6.54 Å². The van der Waals surface area contributed by atoms with Crippen LogP contribution in [0.5, 0.6) is 0 Å². The smallest absolute Gasteiger partial charge is 0.322 e. The maximum atomic E-state index is 11.1. The SMILES string of the molecule is CC(C)C[C@H](N)C(=O)NCC(=O)O.O=CC(C(=O)O)c1c(Cl)cccc1Cl. The van der Waals surface area contributed by atoms with E-state index in [1.165, 1.54) is 12.1 Å². The van der Waals surface area contributed by atoms with Gasteiger partial charge in [-0.1, -0.05) is 43.1 Å². The second kappa shape index (κ2) is 12.3. The number of nitrogens with one attached hydrogen (secondary N) is 1. The molecule has 8 nitrogen and oxygen atoms in total. The third-order valence-corrected chi connectivity index (χ3v) is 3.85. The molecule has 0 aromatic heterocycles. The zero-order chi connectivity index (χ0) is 21.1. The summed E-state index contributed by atoms with van der Waals surface area (Å²) in [6.07, 6.45) is 0.862. The lowest BCUT2D eigenvalue weighted by Crippen LogP contribution is -2.43. The van der Waals surface area contributed by atoms with Gasteiger partial charge in [0.05, 0.1) is 6.04 Å². The van der Waals surface area contributed by atoms with Crippen LogP contribution < -0.4 is 11.1 Å². The molecule has 0 aliphatic rings. The predicted octanol–water partition coefficient (Wildman–Crippen LogP) is 1.92. The Hall–Kier alpha value is -2.16. The molecule has 5 N–H and O–H groups in total. The topological polar surface area (TPSA) is 147 Å². The number of nitrogens with two attached hydrogens (primary N) is 1. The van der Waals surface area contributed by atoms with Crippen LogP contribution in [-0.2, 0) is 19.2 Å². The van der Waals surface area contributed by atoms with Crippen LogP contribution in [0.4, 0.5) is 0 Å². The van der Waals surface area contributed by atoms with Gasteiger partial charge in [0.1, 0.15) is 18.7 Å². The quantitative estimate of drug-likeness (QED) is 0.370. The Bertz CT molecular complexity index is 661. The maximum Gasteiger partial charge on any atom is 0.322 e. The van der Waals surface area contributed by atoms with E-state index in [0.29, 0.717) is 18.6 Å². The molecular weight excluding hydrogens is 399 g/mol. The van der Waals surface area contributed by atoms with Gasteiger partial charge in [-0.15, -0.1) is 0 Å². The molecule has 1 unspecified atom stereocenters. The molecule has 0 saturated heterocycles. The van der Waals surface area contributed by atoms with Gasteiger partial charge in [-0.2, -0.15) is 0 Å². The van der Waals surface area contributed by atoms with Crippen molar-refractivity contribution in [3.63, 3.8) is 0 Å². The summed E-state index contributed by atoms with van der Waals surface area (Å²) < 4.78 is 0. The summed E-state index contributed by atoms with van der Waals surface area (Å²) in [4.78, 5) is 42.4. The van der Waals surface area contributed by atoms with Gasteiger partial charge in [0.15, 0.2) is 0 Å². The van der Waals surface area contributed by atoms with Gasteiger partial charge in [-0.05, 0) is 24.5 Å². The third-order valence-electron chi connectivity index (χ3n) is 3.19. The highest BCUT2D eigenvalue weighted by Gasteiger charge is 2.24. The number of hydrogen-bond acceptors (Lipinski definition) is 5. The average Bonchev–Trinajstić information content (AvgIpc) is 2.55. The molecule has 10 heteroatoms. The number of carbonyl (C=O) groups excluding carboxylic acids is 2. The van der Waals surface area contributed by atoms with E-state index in [2.05, 4.69) is 5.32 Å². The number of benzene rings is 1. The first-order valence-corrected chi connectivity index (χ1v) is 8.63. The van der Waals surface area contributed by atoms with Crippen molar-refractivity contribution in [1.29, 1.82) is 0 Å². The third kappa shape index (κ3) is 9.37. The Morgan fingerprint density at radius 3 is 2.07 bits per heavy atom. The summed E-state index contributed by atoms with van der Waals surface area (Å²) in [5.41, 5.74) is 5.64. The van der Waals surface area contributed by atoms with Crippen LogP contribution >= 0.6 is 23.2 Å². The van der Waals surface area contributed by atoms with E-state index in [9.17, 15) is 19.2 Å². The van der Waals surface area contributed by atoms with Crippen LogP contribution in [-0.4, -0.2) is 46.9 Å². The fourth-order valence-corrected chi connectivity index (χ4v) is 2.60. The van der Waals surface area contributed by atoms with E-state index < -0.39 is 29.8 Å². The standard InChI is InChI=1S/C9H6Cl2O3.C8H16N2O3/c10-6-2-1-3-7(11)8(6)5(4-12)9(13)14;1-5(2)3-6(9)8(13)10-4-7(11)12/h1-5H,(H,13,14);5-6H,3-4,9H2,1-2H3,(H,10,13)(H,11,12)/t;6-/m.0/s1. The first-order chi connectivity index (χ1) is 12.5. The van der Waals surface area contributed by atoms with Crippen molar-refractivity contribution in [2.45, 2.75) is 32.2 Å². The lowest BCUT2D eigenvalue weighted by Gasteiger charge is -2.12. The van der Waals surface area contributed by atoms with E-state index >= 15 is 0 Å². The van der Waals surface area contributed by atoms with Crippen molar-refractivity contribution in [1.82, 2.24) is 5.32 Å². The number of aldehydes is 1. The predicted molar refractivity (Wildman–Crippen MR) is 101 cm³/mol. The number of carboxylic acid groups (broad SMARTS) is 2. The second-order valence-electron chi connectivity index (χ2n) is 5.93. The van der Waals surface area contributed by atoms with Gasteiger partial charge in [-0.3, -0.25) is 14.4 Å². The monoisotopic (exact) mass is 420 g/mol. The number of carboxylic acids is 2. The van der Waals surface area contributed by atoms with Gasteiger partial charge in [0.2, 0.25) is 5.91 Å². The van der Waals surface area contributed by atoms with E-state index in [-0.39, 0.29) is 22.2 Å². The van der Waals surface area contributed by atoms with Crippen molar-refractivity contribution in [3.05, 3.63) is 33.8 Å². The molecule has 1 aromatic carbocycles. The fourth-order valence-electron chi connectivity index (χ4n) is 1.97. The van der Waals surface area contributed by atoms with E-state index in [4.69, 9.17) is 39.1 Å². The van der Waals surface area contributed by atoms with Crippen molar-refractivity contribution >= 4 is 47.3 Å². The van der Waals surface area contributed by atoms with Crippen LogP contribution in [0.15, 0.2) is 18.2 Å². The molecule has 0 heterocycles. The van der Waals surface area contributed by atoms with Crippen molar-refractivity contribution in [2.24, 2.45) is 11.7 Å². The molecule has 0 aliphatic carbocycles. The molecular formula is C17H22Cl2N2O6. The molecule has 2 atom stereocenters. The molecule has 1 amide bonds. The molecule has 1 aromatic rings. The highest BCUT2D eigenvalue weighted by atomic mass is 35.5. The number of rotatable bonds is 8. The van der Waals surface area contributed by atoms with Crippen LogP contribution in [0.25, 0.3) is 0 Å². The normalized spacial score (nSPS) is 12.4. The summed E-state index contributed by atoms with van der Waals surface area (Å²) >= 11 is 11.5. The first kappa shape index (κ1) is 24.8. The Labute approximate surface area is 166 Å². The summed E-state index contributed by atoms with van der Waals surface area (Å²) in [6.45, 7) is 3.53. The van der Waals surface area contributed by atoms with Gasteiger partial charge in [0, 0.05) is 15.6 Å².